The van der Waals surface area contributed by atoms with Crippen molar-refractivity contribution < 1.29 is 4.21 Å². The summed E-state index contributed by atoms with van der Waals surface area (Å²) in [6.45, 7) is 0. The lowest BCUT2D eigenvalue weighted by Crippen LogP contribution is -1.89. The Kier molecular flexibility index (Phi) is 2.29. The molecule has 2 heterocycles. The minimum Gasteiger partial charge on any atom is -0.244 e. The van der Waals surface area contributed by atoms with E-state index in [4.69, 9.17) is 0 Å². The van der Waals surface area contributed by atoms with Crippen molar-refractivity contribution in [3.63, 3.8) is 0 Å². The van der Waals surface area contributed by atoms with Gasteiger partial charge in [-0.15, -0.1) is 22.7 Å². The van der Waals surface area contributed by atoms with Gasteiger partial charge in [-0.25, -0.2) is 14.2 Å². The summed E-state index contributed by atoms with van der Waals surface area (Å²) in [4.78, 5) is 7.91. The van der Waals surface area contributed by atoms with Crippen LogP contribution in [0.1, 0.15) is 0 Å². The first-order valence-corrected chi connectivity index (χ1v) is 5.99. The third-order valence-electron chi connectivity index (χ3n) is 1.14. The molecule has 0 saturated heterocycles. The summed E-state index contributed by atoms with van der Waals surface area (Å²) in [5.41, 5.74) is 0. The summed E-state index contributed by atoms with van der Waals surface area (Å²) in [6.07, 6.45) is 3.29. The monoisotopic (exact) mass is 216 g/mol. The van der Waals surface area contributed by atoms with Gasteiger partial charge in [0.1, 0.15) is 10.8 Å². The Morgan fingerprint density at radius 3 is 1.92 bits per heavy atom. The zero-order valence-corrected chi connectivity index (χ0v) is 8.29. The van der Waals surface area contributed by atoms with E-state index in [1.54, 1.807) is 23.2 Å². The highest BCUT2D eigenvalue weighted by Gasteiger charge is 2.11. The first-order chi connectivity index (χ1) is 5.88. The minimum atomic E-state index is -1.17. The van der Waals surface area contributed by atoms with E-state index < -0.39 is 10.8 Å². The normalized spacial score (nSPS) is 10.8. The lowest BCUT2D eigenvalue weighted by atomic mass is 11.0. The molecule has 0 radical (unpaired) electrons. The van der Waals surface area contributed by atoms with Crippen molar-refractivity contribution in [3.8, 4) is 0 Å². The average Bonchev–Trinajstić information content (AvgIpc) is 2.77. The zero-order valence-electron chi connectivity index (χ0n) is 5.84. The number of rotatable bonds is 2. The van der Waals surface area contributed by atoms with Crippen LogP contribution < -0.4 is 0 Å². The average molecular weight is 216 g/mol. The second-order valence-corrected chi connectivity index (χ2v) is 5.48. The van der Waals surface area contributed by atoms with Crippen molar-refractivity contribution in [3.05, 3.63) is 23.2 Å². The number of nitrogens with zero attached hydrogens (tertiary/aromatic N) is 2. The highest BCUT2D eigenvalue weighted by molar-refractivity contribution is 7.89. The third-order valence-corrected chi connectivity index (χ3v) is 4.60. The Bertz CT molecular complexity index is 331. The second-order valence-electron chi connectivity index (χ2n) is 1.86. The number of hydrogen-bond donors (Lipinski definition) is 0. The fraction of sp³-hybridized carbons (Fsp3) is 0. The van der Waals surface area contributed by atoms with Gasteiger partial charge in [-0.3, -0.25) is 0 Å². The topological polar surface area (TPSA) is 42.9 Å². The van der Waals surface area contributed by atoms with Crippen LogP contribution in [0, 0.1) is 0 Å². The van der Waals surface area contributed by atoms with Crippen LogP contribution in [0.5, 0.6) is 0 Å². The first kappa shape index (κ1) is 8.03. The van der Waals surface area contributed by atoms with Crippen molar-refractivity contribution in [2.75, 3.05) is 0 Å². The quantitative estimate of drug-likeness (QED) is 0.768. The summed E-state index contributed by atoms with van der Waals surface area (Å²) in [7, 11) is -1.17. The minimum absolute atomic E-state index is 0.616. The molecule has 0 aliphatic heterocycles. The summed E-state index contributed by atoms with van der Waals surface area (Å²) in [6, 6.07) is 0. The van der Waals surface area contributed by atoms with Crippen LogP contribution >= 0.6 is 22.7 Å². The highest BCUT2D eigenvalue weighted by atomic mass is 32.2. The molecular weight excluding hydrogens is 212 g/mol. The molecular formula is C6H4N2OS3. The predicted molar refractivity (Wildman–Crippen MR) is 48.9 cm³/mol. The molecule has 0 amide bonds. The van der Waals surface area contributed by atoms with E-state index in [0.717, 1.165) is 0 Å². The lowest BCUT2D eigenvalue weighted by molar-refractivity contribution is 0.682. The van der Waals surface area contributed by atoms with Crippen molar-refractivity contribution in [1.82, 2.24) is 9.97 Å². The molecule has 0 atom stereocenters. The van der Waals surface area contributed by atoms with Crippen LogP contribution in [-0.2, 0) is 10.8 Å². The highest BCUT2D eigenvalue weighted by Crippen LogP contribution is 2.19. The fourth-order valence-corrected chi connectivity index (χ4v) is 3.53. The zero-order chi connectivity index (χ0) is 8.39. The lowest BCUT2D eigenvalue weighted by Gasteiger charge is -1.88. The van der Waals surface area contributed by atoms with Gasteiger partial charge in [0.15, 0.2) is 8.68 Å². The van der Waals surface area contributed by atoms with Crippen molar-refractivity contribution in [1.29, 1.82) is 0 Å². The Morgan fingerprint density at radius 1 is 1.08 bits per heavy atom. The van der Waals surface area contributed by atoms with Crippen molar-refractivity contribution in [2.45, 2.75) is 8.68 Å². The van der Waals surface area contributed by atoms with Crippen LogP contribution in [0.25, 0.3) is 0 Å². The molecule has 0 spiro atoms. The van der Waals surface area contributed by atoms with Gasteiger partial charge in [-0.05, 0) is 0 Å². The summed E-state index contributed by atoms with van der Waals surface area (Å²) >= 11 is 2.77. The summed E-state index contributed by atoms with van der Waals surface area (Å²) in [5, 5.41) is 3.61. The molecule has 0 aliphatic rings. The van der Waals surface area contributed by atoms with E-state index in [0.29, 0.717) is 8.68 Å². The molecule has 2 aromatic rings. The predicted octanol–water partition coefficient (Wildman–Crippen LogP) is 1.77. The molecule has 0 saturated carbocycles. The molecule has 0 N–H and O–H groups in total. The van der Waals surface area contributed by atoms with Gasteiger partial charge < -0.3 is 0 Å². The van der Waals surface area contributed by atoms with Crippen LogP contribution in [0.4, 0.5) is 0 Å². The number of aromatic nitrogens is 2. The Balaban J connectivity index is 2.34. The molecule has 12 heavy (non-hydrogen) atoms. The van der Waals surface area contributed by atoms with Gasteiger partial charge in [0.05, 0.1) is 0 Å². The summed E-state index contributed by atoms with van der Waals surface area (Å²) < 4.78 is 12.8. The van der Waals surface area contributed by atoms with E-state index in [9.17, 15) is 4.21 Å². The van der Waals surface area contributed by atoms with Crippen molar-refractivity contribution in [2.24, 2.45) is 0 Å². The van der Waals surface area contributed by atoms with Crippen LogP contribution in [0.3, 0.4) is 0 Å². The molecule has 0 unspecified atom stereocenters. The van der Waals surface area contributed by atoms with E-state index >= 15 is 0 Å². The van der Waals surface area contributed by atoms with Crippen LogP contribution in [-0.4, -0.2) is 14.2 Å². The van der Waals surface area contributed by atoms with Crippen LogP contribution in [0.2, 0.25) is 0 Å². The standard InChI is InChI=1S/C6H4N2OS3/c9-12(5-7-1-3-10-5)6-8-2-4-11-6/h1-4H. The molecule has 0 aliphatic carbocycles. The molecule has 2 aromatic heterocycles. The van der Waals surface area contributed by atoms with Gasteiger partial charge in [0, 0.05) is 23.2 Å². The molecule has 0 fully saturated rings. The Morgan fingerprint density at radius 2 is 1.58 bits per heavy atom. The largest absolute Gasteiger partial charge is 0.244 e. The Labute approximate surface area is 79.6 Å². The maximum Gasteiger partial charge on any atom is 0.188 e. The second kappa shape index (κ2) is 3.42. The first-order valence-electron chi connectivity index (χ1n) is 3.08. The van der Waals surface area contributed by atoms with E-state index in [1.165, 1.54) is 22.7 Å². The Hall–Kier alpha value is -0.590. The van der Waals surface area contributed by atoms with Gasteiger partial charge >= 0.3 is 0 Å². The number of hydrogen-bond acceptors (Lipinski definition) is 5. The van der Waals surface area contributed by atoms with Gasteiger partial charge in [-0.2, -0.15) is 0 Å². The van der Waals surface area contributed by atoms with Crippen molar-refractivity contribution >= 4 is 33.5 Å². The van der Waals surface area contributed by atoms with Gasteiger partial charge in [0.2, 0.25) is 0 Å². The maximum atomic E-state index is 11.6. The van der Waals surface area contributed by atoms with Crippen LogP contribution in [0.15, 0.2) is 31.8 Å². The van der Waals surface area contributed by atoms with E-state index in [1.807, 2.05) is 0 Å². The maximum absolute atomic E-state index is 11.6. The smallest absolute Gasteiger partial charge is 0.188 e. The van der Waals surface area contributed by atoms with Gasteiger partial charge in [-0.1, -0.05) is 0 Å². The summed E-state index contributed by atoms with van der Waals surface area (Å²) in [5.74, 6) is 0. The fourth-order valence-electron chi connectivity index (χ4n) is 0.679. The molecule has 2 rings (SSSR count). The molecule has 62 valence electrons. The molecule has 0 aromatic carbocycles. The molecule has 6 heteroatoms. The van der Waals surface area contributed by atoms with Gasteiger partial charge in [0.25, 0.3) is 0 Å². The van der Waals surface area contributed by atoms with E-state index in [2.05, 4.69) is 9.97 Å². The number of thiazole rings is 2. The molecule has 0 bridgehead atoms. The van der Waals surface area contributed by atoms with E-state index in [-0.39, 0.29) is 0 Å². The third kappa shape index (κ3) is 1.45. The molecule has 3 nitrogen and oxygen atoms in total. The SMILES string of the molecule is O=S(c1nccs1)c1nccs1.